The highest BCUT2D eigenvalue weighted by Gasteiger charge is 2.32. The van der Waals surface area contributed by atoms with Gasteiger partial charge in [0.15, 0.2) is 0 Å². The van der Waals surface area contributed by atoms with Crippen LogP contribution in [-0.4, -0.2) is 6.85 Å². The van der Waals surface area contributed by atoms with Crippen LogP contribution in [0.2, 0.25) is 6.82 Å². The minimum atomic E-state index is -2.14. The number of para-hydroxylation sites is 1. The van der Waals surface area contributed by atoms with Gasteiger partial charge in [-0.25, -0.2) is 4.57 Å². The van der Waals surface area contributed by atoms with Gasteiger partial charge in [0.25, 0.3) is 5.82 Å². The summed E-state index contributed by atoms with van der Waals surface area (Å²) in [6.07, 6.45) is 2.05. The fourth-order valence-electron chi connectivity index (χ4n) is 3.34. The van der Waals surface area contributed by atoms with Crippen molar-refractivity contribution in [3.8, 4) is 0 Å². The highest BCUT2D eigenvalue weighted by molar-refractivity contribution is 6.80. The zero-order valence-corrected chi connectivity index (χ0v) is 13.3. The molecule has 2 heterocycles. The number of rotatable bonds is 1. The molecule has 0 unspecified atom stereocenters. The molecule has 0 bridgehead atoms. The molecule has 3 aromatic rings. The predicted octanol–water partition coefficient (Wildman–Crippen LogP) is 2.25. The van der Waals surface area contributed by atoms with Gasteiger partial charge in [0.1, 0.15) is 5.52 Å². The Morgan fingerprint density at radius 3 is 2.65 bits per heavy atom. The van der Waals surface area contributed by atoms with Gasteiger partial charge >= 0.3 is 6.85 Å². The van der Waals surface area contributed by atoms with E-state index >= 15 is 0 Å². The lowest BCUT2D eigenvalue weighted by Crippen LogP contribution is -2.50. The Kier molecular flexibility index (Phi) is 2.54. The van der Waals surface area contributed by atoms with Gasteiger partial charge in [-0.1, -0.05) is 42.5 Å². The molecule has 0 aliphatic carbocycles. The molecule has 1 aromatic heterocycles. The third-order valence-corrected chi connectivity index (χ3v) is 4.68. The number of nitrogens with zero attached hydrogens (tertiary/aromatic N) is 2. The van der Waals surface area contributed by atoms with Crippen LogP contribution in [-0.2, 0) is 7.05 Å². The molecule has 2 aromatic carbocycles. The number of fused-ring (bicyclic) bond motifs is 2. The van der Waals surface area contributed by atoms with Crippen LogP contribution < -0.4 is 19.8 Å². The quantitative estimate of drug-likeness (QED) is 0.494. The van der Waals surface area contributed by atoms with Crippen molar-refractivity contribution in [1.82, 2.24) is 0 Å². The summed E-state index contributed by atoms with van der Waals surface area (Å²) >= 11 is 0. The molecule has 23 heavy (non-hydrogen) atoms. The molecule has 0 saturated carbocycles. The Hall–Kier alpha value is -2.55. The molecule has 4 rings (SSSR count). The van der Waals surface area contributed by atoms with Gasteiger partial charge < -0.3 is 0 Å². The summed E-state index contributed by atoms with van der Waals surface area (Å²) in [6.45, 7) is -0.439. The van der Waals surface area contributed by atoms with Gasteiger partial charge in [0.2, 0.25) is 0 Å². The fourth-order valence-corrected chi connectivity index (χ4v) is 3.34. The maximum atomic E-state index is 8.07. The topological polar surface area (TPSA) is 7.12 Å². The summed E-state index contributed by atoms with van der Waals surface area (Å²) in [4.78, 5) is 2.07. The summed E-state index contributed by atoms with van der Waals surface area (Å²) in [6, 6.07) is 20.1. The van der Waals surface area contributed by atoms with Crippen molar-refractivity contribution >= 4 is 35.2 Å². The number of benzene rings is 2. The number of hydrogen-bond donors (Lipinski definition) is 0. The summed E-state index contributed by atoms with van der Waals surface area (Å²) in [5, 5.41) is 2.91. The average molecular weight is 302 g/mol. The Morgan fingerprint density at radius 1 is 1.00 bits per heavy atom. The number of aryl methyl sites for hydroxylation is 1. The maximum Gasteiger partial charge on any atom is 0.405 e. The van der Waals surface area contributed by atoms with E-state index in [1.165, 1.54) is 0 Å². The Morgan fingerprint density at radius 2 is 1.78 bits per heavy atom. The summed E-state index contributed by atoms with van der Waals surface area (Å²) in [5.74, 6) is 0.965. The molecule has 0 fully saturated rings. The molecular weight excluding hydrogens is 279 g/mol. The first kappa shape index (κ1) is 11.1. The van der Waals surface area contributed by atoms with Crippen LogP contribution in [0.1, 0.15) is 11.0 Å². The number of anilines is 1. The van der Waals surface area contributed by atoms with Crippen molar-refractivity contribution in [1.29, 1.82) is 0 Å². The lowest BCUT2D eigenvalue weighted by molar-refractivity contribution is -0.631. The highest BCUT2D eigenvalue weighted by atomic mass is 15.2. The number of hydrogen-bond acceptors (Lipinski definition) is 1. The van der Waals surface area contributed by atoms with Crippen LogP contribution in [0.5, 0.6) is 0 Å². The van der Waals surface area contributed by atoms with Gasteiger partial charge in [0.05, 0.1) is 13.2 Å². The Bertz CT molecular complexity index is 1120. The lowest BCUT2D eigenvalue weighted by Gasteiger charge is -2.23. The molecule has 2 nitrogen and oxygen atoms in total. The maximum absolute atomic E-state index is 8.07. The monoisotopic (exact) mass is 302 g/mol. The van der Waals surface area contributed by atoms with E-state index in [-0.39, 0.29) is 6.85 Å². The summed E-state index contributed by atoms with van der Waals surface area (Å²) in [7, 11) is 2.02. The summed E-state index contributed by atoms with van der Waals surface area (Å²) < 4.78 is 26.3. The molecule has 0 radical (unpaired) electrons. The molecule has 0 N–H and O–H groups in total. The standard InChI is InChI=1S/C20H20BN2/c1-15-18-10-6-4-9-17(18)14-23(21(15)2)20-13-12-16-8-5-7-11-19(16)22(20)3/h4-14H,1-3H3/q+1/i1D3. The molecule has 0 atom stereocenters. The zero-order chi connectivity index (χ0) is 18.5. The van der Waals surface area contributed by atoms with Gasteiger partial charge in [-0.2, -0.15) is 0 Å². The second-order valence-electron chi connectivity index (χ2n) is 6.02. The van der Waals surface area contributed by atoms with Crippen molar-refractivity contribution in [3.63, 3.8) is 0 Å². The largest absolute Gasteiger partial charge is 0.405 e. The van der Waals surface area contributed by atoms with E-state index in [2.05, 4.69) is 39.8 Å². The third-order valence-electron chi connectivity index (χ3n) is 4.68. The Labute approximate surface area is 141 Å². The number of aromatic nitrogens is 1. The minimum Gasteiger partial charge on any atom is -0.293 e. The third kappa shape index (κ3) is 2.15. The van der Waals surface area contributed by atoms with E-state index in [0.717, 1.165) is 27.2 Å². The van der Waals surface area contributed by atoms with Crippen molar-refractivity contribution < 1.29 is 8.68 Å². The zero-order valence-electron chi connectivity index (χ0n) is 16.3. The average Bonchev–Trinajstić information content (AvgIpc) is 2.61. The second-order valence-corrected chi connectivity index (χ2v) is 6.02. The van der Waals surface area contributed by atoms with E-state index in [1.807, 2.05) is 50.3 Å². The van der Waals surface area contributed by atoms with Crippen LogP contribution in [0.3, 0.4) is 0 Å². The van der Waals surface area contributed by atoms with Crippen LogP contribution in [0.25, 0.3) is 22.6 Å². The van der Waals surface area contributed by atoms with Gasteiger partial charge in [0, 0.05) is 20.8 Å². The molecule has 112 valence electrons. The van der Waals surface area contributed by atoms with Crippen LogP contribution >= 0.6 is 0 Å². The molecular formula is C20H20BN2+. The van der Waals surface area contributed by atoms with Crippen molar-refractivity contribution in [2.24, 2.45) is 7.05 Å². The smallest absolute Gasteiger partial charge is 0.293 e. The first-order valence-corrected chi connectivity index (χ1v) is 7.85. The minimum absolute atomic E-state index is 0.259. The molecule has 3 heteroatoms. The van der Waals surface area contributed by atoms with Crippen LogP contribution in [0, 0.1) is 0 Å². The summed E-state index contributed by atoms with van der Waals surface area (Å²) in [5.41, 5.74) is 1.60. The van der Waals surface area contributed by atoms with Gasteiger partial charge in [-0.05, 0) is 36.5 Å². The van der Waals surface area contributed by atoms with E-state index in [0.29, 0.717) is 5.47 Å². The molecule has 0 saturated heterocycles. The van der Waals surface area contributed by atoms with Crippen molar-refractivity contribution in [2.75, 3.05) is 4.81 Å². The molecule has 1 aliphatic heterocycles. The van der Waals surface area contributed by atoms with E-state index in [9.17, 15) is 0 Å². The fraction of sp³-hybridized carbons (Fsp3) is 0.150. The van der Waals surface area contributed by atoms with Gasteiger partial charge in [-0.3, -0.25) is 4.81 Å². The lowest BCUT2D eigenvalue weighted by atomic mass is 9.55. The molecule has 0 spiro atoms. The highest BCUT2D eigenvalue weighted by Crippen LogP contribution is 2.20. The van der Waals surface area contributed by atoms with E-state index in [1.54, 1.807) is 0 Å². The first-order chi connectivity index (χ1) is 12.4. The predicted molar refractivity (Wildman–Crippen MR) is 98.5 cm³/mol. The Balaban J connectivity index is 1.98. The first-order valence-electron chi connectivity index (χ1n) is 9.35. The normalized spacial score (nSPS) is 16.4. The van der Waals surface area contributed by atoms with E-state index in [4.69, 9.17) is 4.11 Å². The van der Waals surface area contributed by atoms with Crippen molar-refractivity contribution in [2.45, 2.75) is 13.7 Å². The van der Waals surface area contributed by atoms with Crippen LogP contribution in [0.4, 0.5) is 5.82 Å². The van der Waals surface area contributed by atoms with Gasteiger partial charge in [-0.15, -0.1) is 0 Å². The van der Waals surface area contributed by atoms with E-state index < -0.39 is 6.85 Å². The second kappa shape index (κ2) is 5.27. The van der Waals surface area contributed by atoms with Crippen molar-refractivity contribution in [3.05, 3.63) is 71.1 Å². The van der Waals surface area contributed by atoms with Crippen LogP contribution in [0.15, 0.2) is 60.7 Å². The number of pyridine rings is 1. The SMILES string of the molecule is [2H]C([2H])([2H])C1=c2ccccc2=CN(c2ccc3ccccc3[n+]2C)B1C. The molecule has 0 amide bonds. The molecule has 1 aliphatic rings.